The lowest BCUT2D eigenvalue weighted by Crippen LogP contribution is -2.12. The van der Waals surface area contributed by atoms with Crippen LogP contribution in [0.2, 0.25) is 0 Å². The summed E-state index contributed by atoms with van der Waals surface area (Å²) in [5.41, 5.74) is 2.64. The smallest absolute Gasteiger partial charge is 0.255 e. The Kier molecular flexibility index (Phi) is 4.53. The van der Waals surface area contributed by atoms with Gasteiger partial charge in [0.1, 0.15) is 11.2 Å². The zero-order chi connectivity index (χ0) is 19.7. The maximum absolute atomic E-state index is 12.8. The fourth-order valence-electron chi connectivity index (χ4n) is 3.22. The lowest BCUT2D eigenvalue weighted by atomic mass is 10.1. The summed E-state index contributed by atoms with van der Waals surface area (Å²) in [5, 5.41) is 4.86. The van der Waals surface area contributed by atoms with Crippen molar-refractivity contribution in [1.29, 1.82) is 0 Å². The van der Waals surface area contributed by atoms with Crippen molar-refractivity contribution in [2.24, 2.45) is 0 Å². The Morgan fingerprint density at radius 3 is 2.18 bits per heavy atom. The summed E-state index contributed by atoms with van der Waals surface area (Å²) >= 11 is 0. The van der Waals surface area contributed by atoms with E-state index in [9.17, 15) is 4.79 Å². The molecular formula is C22H19NO5. The molecule has 1 aromatic heterocycles. The molecule has 0 aliphatic heterocycles. The summed E-state index contributed by atoms with van der Waals surface area (Å²) in [6.07, 6.45) is 0. The van der Waals surface area contributed by atoms with Gasteiger partial charge in [-0.25, -0.2) is 0 Å². The second-order valence-corrected chi connectivity index (χ2v) is 6.18. The molecule has 4 rings (SSSR count). The number of hydrogen-bond donors (Lipinski definition) is 1. The van der Waals surface area contributed by atoms with Gasteiger partial charge in [-0.15, -0.1) is 0 Å². The van der Waals surface area contributed by atoms with E-state index in [0.717, 1.165) is 21.9 Å². The first-order valence-corrected chi connectivity index (χ1v) is 8.67. The topological polar surface area (TPSA) is 69.9 Å². The van der Waals surface area contributed by atoms with Crippen molar-refractivity contribution in [1.82, 2.24) is 0 Å². The quantitative estimate of drug-likeness (QED) is 0.538. The Labute approximate surface area is 161 Å². The molecule has 1 heterocycles. The van der Waals surface area contributed by atoms with Gasteiger partial charge < -0.3 is 23.9 Å². The molecular weight excluding hydrogens is 358 g/mol. The minimum absolute atomic E-state index is 0.286. The maximum Gasteiger partial charge on any atom is 0.255 e. The molecule has 0 saturated heterocycles. The number of hydrogen-bond acceptors (Lipinski definition) is 5. The van der Waals surface area contributed by atoms with Gasteiger partial charge in [-0.2, -0.15) is 0 Å². The number of anilines is 1. The highest BCUT2D eigenvalue weighted by molar-refractivity contribution is 6.09. The molecule has 1 N–H and O–H groups in total. The molecule has 0 fully saturated rings. The molecule has 0 aliphatic carbocycles. The fraction of sp³-hybridized carbons (Fsp3) is 0.136. The molecule has 0 atom stereocenters. The van der Waals surface area contributed by atoms with Crippen LogP contribution in [0.3, 0.4) is 0 Å². The Balaban J connectivity index is 1.69. The van der Waals surface area contributed by atoms with Crippen molar-refractivity contribution in [3.05, 3.63) is 60.2 Å². The van der Waals surface area contributed by atoms with Crippen molar-refractivity contribution < 1.29 is 23.4 Å². The summed E-state index contributed by atoms with van der Waals surface area (Å²) in [6, 6.07) is 16.6. The minimum Gasteiger partial charge on any atom is -0.493 e. The first kappa shape index (κ1) is 17.7. The molecule has 0 spiro atoms. The van der Waals surface area contributed by atoms with Gasteiger partial charge in [0.05, 0.1) is 21.3 Å². The van der Waals surface area contributed by atoms with Crippen LogP contribution in [0.15, 0.2) is 59.0 Å². The third kappa shape index (κ3) is 2.99. The van der Waals surface area contributed by atoms with Crippen LogP contribution in [-0.2, 0) is 0 Å². The average Bonchev–Trinajstić information content (AvgIpc) is 3.10. The molecule has 0 radical (unpaired) electrons. The third-order valence-electron chi connectivity index (χ3n) is 4.56. The van der Waals surface area contributed by atoms with Crippen molar-refractivity contribution >= 4 is 33.5 Å². The highest BCUT2D eigenvalue weighted by Gasteiger charge is 2.17. The molecule has 142 valence electrons. The average molecular weight is 377 g/mol. The standard InChI is InChI=1S/C22H19NO5/c1-25-19-10-13(11-20(26-2)21(19)27-3)22(24)23-14-8-9-18-16(12-14)15-6-4-5-7-17(15)28-18/h4-12H,1-3H3,(H,23,24). The number of furan rings is 1. The van der Waals surface area contributed by atoms with Gasteiger partial charge in [0.2, 0.25) is 5.75 Å². The van der Waals surface area contributed by atoms with E-state index < -0.39 is 0 Å². The third-order valence-corrected chi connectivity index (χ3v) is 4.56. The molecule has 4 aromatic rings. The number of fused-ring (bicyclic) bond motifs is 3. The van der Waals surface area contributed by atoms with Gasteiger partial charge in [0.15, 0.2) is 11.5 Å². The van der Waals surface area contributed by atoms with Crippen LogP contribution in [0, 0.1) is 0 Å². The Morgan fingerprint density at radius 2 is 1.50 bits per heavy atom. The van der Waals surface area contributed by atoms with Crippen molar-refractivity contribution in [2.75, 3.05) is 26.6 Å². The largest absolute Gasteiger partial charge is 0.493 e. The van der Waals surface area contributed by atoms with Gasteiger partial charge in [0.25, 0.3) is 5.91 Å². The van der Waals surface area contributed by atoms with E-state index in [1.54, 1.807) is 18.2 Å². The van der Waals surface area contributed by atoms with Crippen LogP contribution in [0.4, 0.5) is 5.69 Å². The number of nitrogens with one attached hydrogen (secondary N) is 1. The summed E-state index contributed by atoms with van der Waals surface area (Å²) in [6.45, 7) is 0. The molecule has 28 heavy (non-hydrogen) atoms. The fourth-order valence-corrected chi connectivity index (χ4v) is 3.22. The summed E-state index contributed by atoms with van der Waals surface area (Å²) < 4.78 is 21.8. The molecule has 0 bridgehead atoms. The normalized spacial score (nSPS) is 10.8. The van der Waals surface area contributed by atoms with Crippen molar-refractivity contribution in [3.63, 3.8) is 0 Å². The monoisotopic (exact) mass is 377 g/mol. The van der Waals surface area contributed by atoms with Crippen LogP contribution < -0.4 is 19.5 Å². The van der Waals surface area contributed by atoms with E-state index in [4.69, 9.17) is 18.6 Å². The van der Waals surface area contributed by atoms with Gasteiger partial charge >= 0.3 is 0 Å². The minimum atomic E-state index is -0.286. The zero-order valence-electron chi connectivity index (χ0n) is 15.7. The van der Waals surface area contributed by atoms with Crippen molar-refractivity contribution in [3.8, 4) is 17.2 Å². The van der Waals surface area contributed by atoms with Crippen LogP contribution in [0.1, 0.15) is 10.4 Å². The predicted molar refractivity (Wildman–Crippen MR) is 108 cm³/mol. The van der Waals surface area contributed by atoms with Gasteiger partial charge in [-0.3, -0.25) is 4.79 Å². The molecule has 0 aliphatic rings. The number of carbonyl (C=O) groups is 1. The highest BCUT2D eigenvalue weighted by atomic mass is 16.5. The number of amides is 1. The van der Waals surface area contributed by atoms with Gasteiger partial charge in [0, 0.05) is 22.0 Å². The van der Waals surface area contributed by atoms with Gasteiger partial charge in [-0.1, -0.05) is 18.2 Å². The molecule has 3 aromatic carbocycles. The second-order valence-electron chi connectivity index (χ2n) is 6.18. The number of ether oxygens (including phenoxy) is 3. The van der Waals surface area contributed by atoms with E-state index in [1.807, 2.05) is 36.4 Å². The Bertz CT molecular complexity index is 1150. The summed E-state index contributed by atoms with van der Waals surface area (Å²) in [4.78, 5) is 12.8. The first-order valence-electron chi connectivity index (χ1n) is 8.67. The number of benzene rings is 3. The molecule has 6 nitrogen and oxygen atoms in total. The number of rotatable bonds is 5. The number of carbonyl (C=O) groups excluding carboxylic acids is 1. The molecule has 0 unspecified atom stereocenters. The molecule has 6 heteroatoms. The van der Waals surface area contributed by atoms with Crippen LogP contribution in [0.25, 0.3) is 21.9 Å². The predicted octanol–water partition coefficient (Wildman–Crippen LogP) is 4.86. The molecule has 0 saturated carbocycles. The zero-order valence-corrected chi connectivity index (χ0v) is 15.7. The Hall–Kier alpha value is -3.67. The SMILES string of the molecule is COc1cc(C(=O)Nc2ccc3oc4ccccc4c3c2)cc(OC)c1OC. The molecule has 1 amide bonds. The lowest BCUT2D eigenvalue weighted by molar-refractivity contribution is 0.102. The van der Waals surface area contributed by atoms with Crippen molar-refractivity contribution in [2.45, 2.75) is 0 Å². The maximum atomic E-state index is 12.8. The number of methoxy groups -OCH3 is 3. The van der Waals surface area contributed by atoms with E-state index in [0.29, 0.717) is 28.5 Å². The van der Waals surface area contributed by atoms with E-state index >= 15 is 0 Å². The van der Waals surface area contributed by atoms with E-state index in [-0.39, 0.29) is 5.91 Å². The van der Waals surface area contributed by atoms with E-state index in [2.05, 4.69) is 5.32 Å². The van der Waals surface area contributed by atoms with Crippen LogP contribution >= 0.6 is 0 Å². The summed E-state index contributed by atoms with van der Waals surface area (Å²) in [7, 11) is 4.54. The van der Waals surface area contributed by atoms with Crippen LogP contribution in [0.5, 0.6) is 17.2 Å². The Morgan fingerprint density at radius 1 is 0.821 bits per heavy atom. The van der Waals surface area contributed by atoms with Crippen LogP contribution in [-0.4, -0.2) is 27.2 Å². The first-order chi connectivity index (χ1) is 13.6. The second kappa shape index (κ2) is 7.15. The lowest BCUT2D eigenvalue weighted by Gasteiger charge is -2.14. The van der Waals surface area contributed by atoms with E-state index in [1.165, 1.54) is 21.3 Å². The summed E-state index contributed by atoms with van der Waals surface area (Å²) in [5.74, 6) is 0.991. The number of para-hydroxylation sites is 1. The van der Waals surface area contributed by atoms with Gasteiger partial charge in [-0.05, 0) is 36.4 Å². The highest BCUT2D eigenvalue weighted by Crippen LogP contribution is 2.38.